The predicted octanol–water partition coefficient (Wildman–Crippen LogP) is 2.76. The zero-order valence-electron chi connectivity index (χ0n) is 12.7. The van der Waals surface area contributed by atoms with E-state index in [1.54, 1.807) is 18.2 Å². The van der Waals surface area contributed by atoms with E-state index in [4.69, 9.17) is 5.73 Å². The highest BCUT2D eigenvalue weighted by Crippen LogP contribution is 2.34. The lowest BCUT2D eigenvalue weighted by Crippen LogP contribution is -2.23. The van der Waals surface area contributed by atoms with Gasteiger partial charge in [-0.15, -0.1) is 0 Å². The summed E-state index contributed by atoms with van der Waals surface area (Å²) in [7, 11) is 0. The minimum atomic E-state index is -0.636. The molecule has 3 rings (SSSR count). The lowest BCUT2D eigenvalue weighted by atomic mass is 10.0. The van der Waals surface area contributed by atoms with Crippen molar-refractivity contribution in [3.05, 3.63) is 65.0 Å². The van der Waals surface area contributed by atoms with Crippen LogP contribution in [0.1, 0.15) is 40.4 Å². The van der Waals surface area contributed by atoms with Gasteiger partial charge in [0.2, 0.25) is 5.91 Å². The van der Waals surface area contributed by atoms with E-state index in [2.05, 4.69) is 4.90 Å². The Balaban J connectivity index is 1.87. The van der Waals surface area contributed by atoms with Crippen molar-refractivity contribution >= 4 is 11.6 Å². The molecule has 1 aliphatic rings. The average Bonchev–Trinajstić information content (AvgIpc) is 2.68. The number of hydrogen-bond acceptors (Lipinski definition) is 3. The maximum Gasteiger partial charge on any atom is 0.248 e. The normalized spacial score (nSPS) is 17.5. The van der Waals surface area contributed by atoms with E-state index in [0.717, 1.165) is 24.2 Å². The lowest BCUT2D eigenvalue weighted by Gasteiger charge is -2.25. The maximum absolute atomic E-state index is 13.5. The Morgan fingerprint density at radius 2 is 2.00 bits per heavy atom. The van der Waals surface area contributed by atoms with Crippen LogP contribution in [0.3, 0.4) is 0 Å². The van der Waals surface area contributed by atoms with Gasteiger partial charge in [-0.2, -0.15) is 0 Å². The van der Waals surface area contributed by atoms with Crippen LogP contribution < -0.4 is 10.6 Å². The fourth-order valence-electron chi connectivity index (χ4n) is 2.99. The van der Waals surface area contributed by atoms with Gasteiger partial charge in [-0.1, -0.05) is 12.1 Å². The molecular weight excluding hydrogens is 295 g/mol. The Morgan fingerprint density at radius 3 is 2.70 bits per heavy atom. The fraction of sp³-hybridized carbons (Fsp3) is 0.278. The Bertz CT molecular complexity index is 715. The molecule has 1 amide bonds. The number of aliphatic hydroxyl groups is 1. The molecule has 2 aromatic rings. The molecule has 0 saturated carbocycles. The molecule has 3 N–H and O–H groups in total. The van der Waals surface area contributed by atoms with Gasteiger partial charge >= 0.3 is 0 Å². The molecule has 0 bridgehead atoms. The number of benzene rings is 2. The minimum Gasteiger partial charge on any atom is -0.388 e. The zero-order chi connectivity index (χ0) is 16.4. The van der Waals surface area contributed by atoms with Crippen molar-refractivity contribution in [1.29, 1.82) is 0 Å². The first-order chi connectivity index (χ1) is 11.0. The van der Waals surface area contributed by atoms with Gasteiger partial charge in [-0.3, -0.25) is 4.79 Å². The van der Waals surface area contributed by atoms with Crippen LogP contribution in [0.2, 0.25) is 0 Å². The largest absolute Gasteiger partial charge is 0.388 e. The molecule has 1 heterocycles. The van der Waals surface area contributed by atoms with E-state index in [1.807, 2.05) is 12.1 Å². The van der Waals surface area contributed by atoms with Crippen LogP contribution in [0.25, 0.3) is 0 Å². The van der Waals surface area contributed by atoms with Crippen LogP contribution in [0.4, 0.5) is 10.1 Å². The first kappa shape index (κ1) is 15.5. The number of primary amides is 1. The third-order valence-electron chi connectivity index (χ3n) is 4.21. The molecule has 23 heavy (non-hydrogen) atoms. The van der Waals surface area contributed by atoms with Crippen molar-refractivity contribution < 1.29 is 14.3 Å². The number of nitrogens with zero attached hydrogens (tertiary/aromatic N) is 1. The quantitative estimate of drug-likeness (QED) is 0.915. The molecule has 1 atom stereocenters. The monoisotopic (exact) mass is 314 g/mol. The van der Waals surface area contributed by atoms with E-state index in [-0.39, 0.29) is 5.82 Å². The average molecular weight is 314 g/mol. The van der Waals surface area contributed by atoms with Gasteiger partial charge in [0.25, 0.3) is 0 Å². The van der Waals surface area contributed by atoms with Crippen LogP contribution >= 0.6 is 0 Å². The molecule has 0 spiro atoms. The van der Waals surface area contributed by atoms with Crippen molar-refractivity contribution in [2.24, 2.45) is 5.73 Å². The molecule has 0 fully saturated rings. The van der Waals surface area contributed by atoms with Crippen LogP contribution in [0, 0.1) is 5.82 Å². The van der Waals surface area contributed by atoms with E-state index < -0.39 is 12.0 Å². The van der Waals surface area contributed by atoms with Crippen LogP contribution in [0.5, 0.6) is 0 Å². The Hall–Kier alpha value is -2.40. The second-order valence-corrected chi connectivity index (χ2v) is 5.84. The summed E-state index contributed by atoms with van der Waals surface area (Å²) in [6.45, 7) is 1.41. The number of nitrogens with two attached hydrogens (primary N) is 1. The molecule has 0 aromatic heterocycles. The maximum atomic E-state index is 13.5. The van der Waals surface area contributed by atoms with Crippen LogP contribution in [0.15, 0.2) is 42.5 Å². The number of fused-ring (bicyclic) bond motifs is 1. The van der Waals surface area contributed by atoms with Crippen molar-refractivity contribution in [3.63, 3.8) is 0 Å². The standard InChI is InChI=1S/C18H19FN2O2/c19-14-7-8-16-15(10-14)17(22)2-1-9-21(16)11-12-3-5-13(6-4-12)18(20)23/h3-8,10,17,22H,1-2,9,11H2,(H2,20,23)/t17-/m1/s1. The molecule has 0 radical (unpaired) electrons. The molecule has 1 aliphatic heterocycles. The smallest absolute Gasteiger partial charge is 0.248 e. The second kappa shape index (κ2) is 6.38. The topological polar surface area (TPSA) is 66.6 Å². The third-order valence-corrected chi connectivity index (χ3v) is 4.21. The summed E-state index contributed by atoms with van der Waals surface area (Å²) in [5.74, 6) is -0.786. The number of rotatable bonds is 3. The zero-order valence-corrected chi connectivity index (χ0v) is 12.7. The summed E-state index contributed by atoms with van der Waals surface area (Å²) in [5, 5.41) is 10.2. The summed E-state index contributed by atoms with van der Waals surface area (Å²) < 4.78 is 13.5. The number of carbonyl (C=O) groups is 1. The minimum absolute atomic E-state index is 0.338. The SMILES string of the molecule is NC(=O)c1ccc(CN2CCC[C@@H](O)c3cc(F)ccc32)cc1. The highest BCUT2D eigenvalue weighted by molar-refractivity contribution is 5.92. The van der Waals surface area contributed by atoms with E-state index >= 15 is 0 Å². The van der Waals surface area contributed by atoms with E-state index in [0.29, 0.717) is 24.1 Å². The second-order valence-electron chi connectivity index (χ2n) is 5.84. The lowest BCUT2D eigenvalue weighted by molar-refractivity contribution is 0.100. The van der Waals surface area contributed by atoms with Gasteiger partial charge in [-0.25, -0.2) is 4.39 Å². The Morgan fingerprint density at radius 1 is 1.26 bits per heavy atom. The summed E-state index contributed by atoms with van der Waals surface area (Å²) >= 11 is 0. The van der Waals surface area contributed by atoms with Crippen LogP contribution in [-0.4, -0.2) is 17.6 Å². The summed E-state index contributed by atoms with van der Waals surface area (Å²) in [6, 6.07) is 11.7. The van der Waals surface area contributed by atoms with Gasteiger partial charge in [0, 0.05) is 29.9 Å². The van der Waals surface area contributed by atoms with Crippen molar-refractivity contribution in [2.45, 2.75) is 25.5 Å². The first-order valence-electron chi connectivity index (χ1n) is 7.66. The molecule has 2 aromatic carbocycles. The highest BCUT2D eigenvalue weighted by atomic mass is 19.1. The van der Waals surface area contributed by atoms with E-state index in [9.17, 15) is 14.3 Å². The number of halogens is 1. The highest BCUT2D eigenvalue weighted by Gasteiger charge is 2.22. The van der Waals surface area contributed by atoms with Gasteiger partial charge < -0.3 is 15.7 Å². The number of amides is 1. The molecule has 0 saturated heterocycles. The molecule has 4 nitrogen and oxygen atoms in total. The summed E-state index contributed by atoms with van der Waals surface area (Å²) in [4.78, 5) is 13.3. The summed E-state index contributed by atoms with van der Waals surface area (Å²) in [6.07, 6.45) is 0.813. The van der Waals surface area contributed by atoms with Crippen molar-refractivity contribution in [1.82, 2.24) is 0 Å². The number of hydrogen-bond donors (Lipinski definition) is 2. The van der Waals surface area contributed by atoms with Crippen molar-refractivity contribution in [2.75, 3.05) is 11.4 Å². The molecule has 120 valence electrons. The van der Waals surface area contributed by atoms with Crippen LogP contribution in [-0.2, 0) is 6.54 Å². The molecule has 0 aliphatic carbocycles. The van der Waals surface area contributed by atoms with Gasteiger partial charge in [0.05, 0.1) is 6.10 Å². The Kier molecular flexibility index (Phi) is 4.30. The first-order valence-corrected chi connectivity index (χ1v) is 7.66. The van der Waals surface area contributed by atoms with Crippen molar-refractivity contribution in [3.8, 4) is 0 Å². The number of anilines is 1. The molecular formula is C18H19FN2O2. The summed E-state index contributed by atoms with van der Waals surface area (Å²) in [5.41, 5.74) is 8.24. The fourth-order valence-corrected chi connectivity index (χ4v) is 2.99. The Labute approximate surface area is 134 Å². The molecule has 0 unspecified atom stereocenters. The van der Waals surface area contributed by atoms with E-state index in [1.165, 1.54) is 12.1 Å². The van der Waals surface area contributed by atoms with Gasteiger partial charge in [0.1, 0.15) is 5.82 Å². The van der Waals surface area contributed by atoms with Gasteiger partial charge in [0.15, 0.2) is 0 Å². The predicted molar refractivity (Wildman–Crippen MR) is 86.6 cm³/mol. The molecule has 5 heteroatoms. The number of carbonyl (C=O) groups excluding carboxylic acids is 1. The third kappa shape index (κ3) is 3.35. The number of aliphatic hydroxyl groups excluding tert-OH is 1. The van der Waals surface area contributed by atoms with Gasteiger partial charge in [-0.05, 0) is 48.7 Å².